The van der Waals surface area contributed by atoms with Crippen LogP contribution < -0.4 is 0 Å². The zero-order chi connectivity index (χ0) is 11.9. The molecule has 0 unspecified atom stereocenters. The molecule has 0 amide bonds. The van der Waals surface area contributed by atoms with Crippen molar-refractivity contribution in [2.45, 2.75) is 32.3 Å². The molecular weight excluding hydrogens is 212 g/mol. The summed E-state index contributed by atoms with van der Waals surface area (Å²) in [5.41, 5.74) is 1.54. The minimum absolute atomic E-state index is 0.368. The van der Waals surface area contributed by atoms with Gasteiger partial charge in [-0.05, 0) is 24.8 Å². The normalized spacial score (nSPS) is 16.2. The number of hydrogen-bond acceptors (Lipinski definition) is 3. The Kier molecular flexibility index (Phi) is 4.15. The van der Waals surface area contributed by atoms with Crippen LogP contribution in [0.25, 0.3) is 0 Å². The first-order chi connectivity index (χ1) is 8.40. The average Bonchev–Trinajstić information content (AvgIpc) is 2.88. The molecule has 1 aliphatic carbocycles. The van der Waals surface area contributed by atoms with E-state index in [1.54, 1.807) is 6.07 Å². The molecule has 0 spiro atoms. The molecular formula is C14H16N2O. The summed E-state index contributed by atoms with van der Waals surface area (Å²) in [6.07, 6.45) is 6.95. The first-order valence-electron chi connectivity index (χ1n) is 6.03. The van der Waals surface area contributed by atoms with E-state index in [-0.39, 0.29) is 0 Å². The summed E-state index contributed by atoms with van der Waals surface area (Å²) < 4.78 is 0. The molecule has 1 aromatic carbocycles. The van der Waals surface area contributed by atoms with Gasteiger partial charge in [-0.3, -0.25) is 0 Å². The minimum Gasteiger partial charge on any atom is -0.391 e. The molecule has 0 heterocycles. The molecule has 0 aromatic heterocycles. The van der Waals surface area contributed by atoms with E-state index in [9.17, 15) is 0 Å². The Bertz CT molecular complexity index is 428. The summed E-state index contributed by atoms with van der Waals surface area (Å²) in [7, 11) is 0. The van der Waals surface area contributed by atoms with Crippen LogP contribution in [0.1, 0.15) is 36.8 Å². The van der Waals surface area contributed by atoms with Crippen molar-refractivity contribution in [3.8, 4) is 6.07 Å². The van der Waals surface area contributed by atoms with Crippen LogP contribution in [0.3, 0.4) is 0 Å². The highest BCUT2D eigenvalue weighted by molar-refractivity contribution is 5.60. The van der Waals surface area contributed by atoms with Crippen molar-refractivity contribution in [3.05, 3.63) is 35.4 Å². The Morgan fingerprint density at radius 1 is 1.35 bits per heavy atom. The second-order valence-corrected chi connectivity index (χ2v) is 4.34. The van der Waals surface area contributed by atoms with E-state index in [4.69, 9.17) is 10.1 Å². The summed E-state index contributed by atoms with van der Waals surface area (Å²) >= 11 is 0. The number of benzene rings is 1. The lowest BCUT2D eigenvalue weighted by Gasteiger charge is -2.03. The molecule has 0 N–H and O–H groups in total. The summed E-state index contributed by atoms with van der Waals surface area (Å²) in [5, 5.41) is 12.9. The van der Waals surface area contributed by atoms with Gasteiger partial charge >= 0.3 is 0 Å². The van der Waals surface area contributed by atoms with Gasteiger partial charge in [0, 0.05) is 11.8 Å². The van der Waals surface area contributed by atoms with E-state index in [2.05, 4.69) is 11.2 Å². The lowest BCUT2D eigenvalue weighted by molar-refractivity contribution is 0.130. The fraction of sp³-hybridized carbons (Fsp3) is 0.429. The SMILES string of the molecule is N#Cc1ccccc1CON=CC1CCCC1. The van der Waals surface area contributed by atoms with Crippen molar-refractivity contribution in [3.63, 3.8) is 0 Å². The predicted molar refractivity (Wildman–Crippen MR) is 66.4 cm³/mol. The molecule has 1 aliphatic rings. The van der Waals surface area contributed by atoms with Gasteiger partial charge in [-0.15, -0.1) is 0 Å². The smallest absolute Gasteiger partial charge is 0.143 e. The van der Waals surface area contributed by atoms with E-state index in [1.165, 1.54) is 25.7 Å². The topological polar surface area (TPSA) is 45.4 Å². The Balaban J connectivity index is 1.83. The van der Waals surface area contributed by atoms with Gasteiger partial charge in [-0.1, -0.05) is 36.2 Å². The molecule has 3 heteroatoms. The molecule has 0 bridgehead atoms. The highest BCUT2D eigenvalue weighted by Crippen LogP contribution is 2.22. The minimum atomic E-state index is 0.368. The average molecular weight is 228 g/mol. The predicted octanol–water partition coefficient (Wildman–Crippen LogP) is 3.25. The van der Waals surface area contributed by atoms with Crippen LogP contribution in [0, 0.1) is 17.2 Å². The van der Waals surface area contributed by atoms with Gasteiger partial charge in [0.15, 0.2) is 0 Å². The highest BCUT2D eigenvalue weighted by atomic mass is 16.6. The van der Waals surface area contributed by atoms with Crippen molar-refractivity contribution in [2.75, 3.05) is 0 Å². The first-order valence-corrected chi connectivity index (χ1v) is 6.03. The first kappa shape index (κ1) is 11.7. The maximum atomic E-state index is 8.90. The van der Waals surface area contributed by atoms with Crippen molar-refractivity contribution in [1.29, 1.82) is 5.26 Å². The summed E-state index contributed by atoms with van der Waals surface area (Å²) in [6, 6.07) is 9.58. The fourth-order valence-corrected chi connectivity index (χ4v) is 2.10. The largest absolute Gasteiger partial charge is 0.391 e. The molecule has 1 fully saturated rings. The van der Waals surface area contributed by atoms with E-state index in [0.29, 0.717) is 18.1 Å². The molecule has 17 heavy (non-hydrogen) atoms. The standard InChI is InChI=1S/C14H16N2O/c15-9-13-7-3-4-8-14(13)11-17-16-10-12-5-1-2-6-12/h3-4,7-8,10,12H,1-2,5-6,11H2. The van der Waals surface area contributed by atoms with Crippen molar-refractivity contribution < 1.29 is 4.84 Å². The molecule has 1 saturated carbocycles. The zero-order valence-corrected chi connectivity index (χ0v) is 9.80. The molecule has 0 saturated heterocycles. The van der Waals surface area contributed by atoms with Gasteiger partial charge in [0.2, 0.25) is 0 Å². The molecule has 0 aliphatic heterocycles. The Hall–Kier alpha value is -1.82. The van der Waals surface area contributed by atoms with Gasteiger partial charge in [-0.25, -0.2) is 0 Å². The Labute approximate surface area is 102 Å². The Morgan fingerprint density at radius 3 is 2.88 bits per heavy atom. The maximum absolute atomic E-state index is 8.90. The van der Waals surface area contributed by atoms with Crippen LogP contribution in [-0.2, 0) is 11.4 Å². The van der Waals surface area contributed by atoms with Crippen LogP contribution >= 0.6 is 0 Å². The molecule has 3 nitrogen and oxygen atoms in total. The third-order valence-electron chi connectivity index (χ3n) is 3.10. The fourth-order valence-electron chi connectivity index (χ4n) is 2.10. The molecule has 2 rings (SSSR count). The molecule has 1 aromatic rings. The lowest BCUT2D eigenvalue weighted by atomic mass is 10.1. The van der Waals surface area contributed by atoms with Crippen LogP contribution in [0.4, 0.5) is 0 Å². The van der Waals surface area contributed by atoms with Crippen molar-refractivity contribution >= 4 is 6.21 Å². The summed E-state index contributed by atoms with van der Waals surface area (Å²) in [6.45, 7) is 0.368. The van der Waals surface area contributed by atoms with Gasteiger partial charge in [0.25, 0.3) is 0 Å². The second kappa shape index (κ2) is 6.05. The van der Waals surface area contributed by atoms with Gasteiger partial charge < -0.3 is 4.84 Å². The lowest BCUT2D eigenvalue weighted by Crippen LogP contribution is -1.96. The maximum Gasteiger partial charge on any atom is 0.143 e. The number of nitrogens with zero attached hydrogens (tertiary/aromatic N) is 2. The van der Waals surface area contributed by atoms with E-state index in [1.807, 2.05) is 24.4 Å². The molecule has 0 radical (unpaired) electrons. The van der Waals surface area contributed by atoms with Crippen LogP contribution in [0.15, 0.2) is 29.4 Å². The van der Waals surface area contributed by atoms with Crippen LogP contribution in [-0.4, -0.2) is 6.21 Å². The van der Waals surface area contributed by atoms with Gasteiger partial charge in [-0.2, -0.15) is 5.26 Å². The number of nitriles is 1. The highest BCUT2D eigenvalue weighted by Gasteiger charge is 2.12. The van der Waals surface area contributed by atoms with Crippen LogP contribution in [0.5, 0.6) is 0 Å². The van der Waals surface area contributed by atoms with Crippen LogP contribution in [0.2, 0.25) is 0 Å². The van der Waals surface area contributed by atoms with E-state index >= 15 is 0 Å². The van der Waals surface area contributed by atoms with Gasteiger partial charge in [0.05, 0.1) is 11.6 Å². The quantitative estimate of drug-likeness (QED) is 0.586. The second-order valence-electron chi connectivity index (χ2n) is 4.34. The number of rotatable bonds is 4. The number of oxime groups is 1. The third-order valence-corrected chi connectivity index (χ3v) is 3.10. The Morgan fingerprint density at radius 2 is 2.12 bits per heavy atom. The van der Waals surface area contributed by atoms with E-state index < -0.39 is 0 Å². The summed E-state index contributed by atoms with van der Waals surface area (Å²) in [5.74, 6) is 0.584. The zero-order valence-electron chi connectivity index (χ0n) is 9.80. The summed E-state index contributed by atoms with van der Waals surface area (Å²) in [4.78, 5) is 5.24. The monoisotopic (exact) mass is 228 g/mol. The van der Waals surface area contributed by atoms with Crippen molar-refractivity contribution in [1.82, 2.24) is 0 Å². The third kappa shape index (κ3) is 3.32. The molecule has 88 valence electrons. The van der Waals surface area contributed by atoms with Gasteiger partial charge in [0.1, 0.15) is 6.61 Å². The number of hydrogen-bond donors (Lipinski definition) is 0. The molecule has 0 atom stereocenters. The van der Waals surface area contributed by atoms with E-state index in [0.717, 1.165) is 5.56 Å². The van der Waals surface area contributed by atoms with Crippen molar-refractivity contribution in [2.24, 2.45) is 11.1 Å².